The molecule has 0 aliphatic heterocycles. The molecule has 0 aliphatic rings. The van der Waals surface area contributed by atoms with Crippen LogP contribution in [0.2, 0.25) is 0 Å². The summed E-state index contributed by atoms with van der Waals surface area (Å²) in [4.78, 5) is 18.7. The lowest BCUT2D eigenvalue weighted by atomic mass is 10.0. The zero-order valence-electron chi connectivity index (χ0n) is 9.39. The predicted octanol–water partition coefficient (Wildman–Crippen LogP) is -0.105. The van der Waals surface area contributed by atoms with E-state index in [4.69, 9.17) is 10.1 Å². The van der Waals surface area contributed by atoms with Crippen molar-refractivity contribution in [3.8, 4) is 0 Å². The molecule has 0 aromatic rings. The molecule has 10 nitrogen and oxygen atoms in total. The van der Waals surface area contributed by atoms with Crippen molar-refractivity contribution in [1.29, 1.82) is 0 Å². The highest BCUT2D eigenvalue weighted by Gasteiger charge is 2.37. The summed E-state index contributed by atoms with van der Waals surface area (Å²) in [6, 6.07) is 0. The van der Waals surface area contributed by atoms with Gasteiger partial charge in [-0.1, -0.05) is 5.11 Å². The molecule has 0 aromatic carbocycles. The van der Waals surface area contributed by atoms with Crippen LogP contribution < -0.4 is 0 Å². The van der Waals surface area contributed by atoms with E-state index in [1.807, 2.05) is 0 Å². The molecular formula is C6H12N4O6S. The van der Waals surface area contributed by atoms with E-state index < -0.39 is 28.5 Å². The van der Waals surface area contributed by atoms with Crippen molar-refractivity contribution in [3.63, 3.8) is 0 Å². The van der Waals surface area contributed by atoms with Crippen LogP contribution in [-0.4, -0.2) is 50.2 Å². The van der Waals surface area contributed by atoms with Crippen molar-refractivity contribution in [3.05, 3.63) is 10.4 Å². The van der Waals surface area contributed by atoms with Crippen LogP contribution in [0.3, 0.4) is 0 Å². The molecule has 17 heavy (non-hydrogen) atoms. The van der Waals surface area contributed by atoms with Crippen molar-refractivity contribution in [2.75, 3.05) is 20.8 Å². The first kappa shape index (κ1) is 15.6. The van der Waals surface area contributed by atoms with E-state index in [1.54, 1.807) is 0 Å². The van der Waals surface area contributed by atoms with Gasteiger partial charge in [-0.05, 0) is 12.5 Å². The highest BCUT2D eigenvalue weighted by atomic mass is 32.3. The number of nitrogens with zero attached hydrogens (tertiary/aromatic N) is 4. The molecule has 1 amide bonds. The van der Waals surface area contributed by atoms with Gasteiger partial charge in [-0.15, -0.1) is 0 Å². The third-order valence-electron chi connectivity index (χ3n) is 1.77. The van der Waals surface area contributed by atoms with E-state index in [1.165, 1.54) is 14.2 Å². The molecule has 98 valence electrons. The number of hydrogen-bond acceptors (Lipinski definition) is 6. The van der Waals surface area contributed by atoms with Gasteiger partial charge in [-0.3, -0.25) is 14.2 Å². The Kier molecular flexibility index (Phi) is 5.32. The van der Waals surface area contributed by atoms with Gasteiger partial charge in [0.05, 0.1) is 13.7 Å². The standard InChI is InChI=1S/C6H12N4O6S/c1-6(8-9-7,4-16-17(12,13)14)5(11)10(2)15-3/h4H2,1-3H3,(H,12,13,14)/t6-/m1/s1. The van der Waals surface area contributed by atoms with Gasteiger partial charge in [-0.25, -0.2) is 9.25 Å². The Hall–Kier alpha value is -1.39. The first-order chi connectivity index (χ1) is 7.66. The van der Waals surface area contributed by atoms with Crippen molar-refractivity contribution in [2.45, 2.75) is 12.5 Å². The average molecular weight is 268 g/mol. The van der Waals surface area contributed by atoms with Crippen molar-refractivity contribution in [2.24, 2.45) is 5.11 Å². The van der Waals surface area contributed by atoms with Crippen molar-refractivity contribution in [1.82, 2.24) is 5.06 Å². The van der Waals surface area contributed by atoms with Crippen LogP contribution in [0.1, 0.15) is 6.92 Å². The second kappa shape index (κ2) is 5.80. The highest BCUT2D eigenvalue weighted by molar-refractivity contribution is 7.80. The first-order valence-electron chi connectivity index (χ1n) is 4.16. The quantitative estimate of drug-likeness (QED) is 0.234. The van der Waals surface area contributed by atoms with Crippen LogP contribution in [0.5, 0.6) is 0 Å². The normalized spacial score (nSPS) is 14.6. The van der Waals surface area contributed by atoms with Gasteiger partial charge in [0.25, 0.3) is 5.91 Å². The van der Waals surface area contributed by atoms with Crippen LogP contribution in [0.15, 0.2) is 5.11 Å². The lowest BCUT2D eigenvalue weighted by Gasteiger charge is -2.25. The Bertz CT molecular complexity index is 430. The van der Waals surface area contributed by atoms with Crippen molar-refractivity contribution >= 4 is 16.3 Å². The minimum Gasteiger partial charge on any atom is -0.275 e. The second-order valence-corrected chi connectivity index (χ2v) is 4.23. The maximum atomic E-state index is 11.7. The molecule has 0 aliphatic carbocycles. The van der Waals surface area contributed by atoms with Gasteiger partial charge < -0.3 is 0 Å². The summed E-state index contributed by atoms with van der Waals surface area (Å²) in [5, 5.41) is 3.88. The van der Waals surface area contributed by atoms with E-state index >= 15 is 0 Å². The number of azide groups is 1. The van der Waals surface area contributed by atoms with E-state index in [0.717, 1.165) is 12.0 Å². The average Bonchev–Trinajstić information content (AvgIpc) is 2.24. The molecule has 0 saturated carbocycles. The maximum Gasteiger partial charge on any atom is 0.397 e. The zero-order chi connectivity index (χ0) is 13.7. The van der Waals surface area contributed by atoms with Crippen LogP contribution >= 0.6 is 0 Å². The predicted molar refractivity (Wildman–Crippen MR) is 54.8 cm³/mol. The van der Waals surface area contributed by atoms with Gasteiger partial charge in [0, 0.05) is 12.0 Å². The molecule has 1 N–H and O–H groups in total. The Morgan fingerprint density at radius 1 is 1.65 bits per heavy atom. The van der Waals surface area contributed by atoms with Gasteiger partial charge in [0.1, 0.15) is 0 Å². The Morgan fingerprint density at radius 3 is 2.53 bits per heavy atom. The summed E-state index contributed by atoms with van der Waals surface area (Å²) in [5.74, 6) is -0.832. The lowest BCUT2D eigenvalue weighted by molar-refractivity contribution is -0.175. The highest BCUT2D eigenvalue weighted by Crippen LogP contribution is 2.16. The Balaban J connectivity index is 5.04. The molecule has 0 saturated heterocycles. The largest absolute Gasteiger partial charge is 0.397 e. The van der Waals surface area contributed by atoms with Gasteiger partial charge in [-0.2, -0.15) is 8.42 Å². The third kappa shape index (κ3) is 4.97. The summed E-state index contributed by atoms with van der Waals surface area (Å²) in [7, 11) is -2.31. The van der Waals surface area contributed by atoms with Gasteiger partial charge in [0.15, 0.2) is 5.54 Å². The fourth-order valence-electron chi connectivity index (χ4n) is 0.843. The summed E-state index contributed by atoms with van der Waals surface area (Å²) >= 11 is 0. The number of hydrogen-bond donors (Lipinski definition) is 1. The van der Waals surface area contributed by atoms with E-state index in [2.05, 4.69) is 19.0 Å². The van der Waals surface area contributed by atoms with E-state index in [-0.39, 0.29) is 0 Å². The van der Waals surface area contributed by atoms with E-state index in [0.29, 0.717) is 0 Å². The molecule has 1 atom stereocenters. The molecule has 0 rings (SSSR count). The molecule has 11 heteroatoms. The fraction of sp³-hybridized carbons (Fsp3) is 0.833. The second-order valence-electron chi connectivity index (χ2n) is 3.14. The van der Waals surface area contributed by atoms with Gasteiger partial charge >= 0.3 is 10.4 Å². The Labute approximate surface area is 97.6 Å². The smallest absolute Gasteiger partial charge is 0.275 e. The minimum absolute atomic E-state index is 0.738. The van der Waals surface area contributed by atoms with Crippen LogP contribution in [0, 0.1) is 0 Å². The molecule has 0 fully saturated rings. The number of rotatable bonds is 6. The monoisotopic (exact) mass is 268 g/mol. The lowest BCUT2D eigenvalue weighted by Crippen LogP contribution is -2.47. The van der Waals surface area contributed by atoms with Crippen LogP contribution in [0.4, 0.5) is 0 Å². The fourth-order valence-corrected chi connectivity index (χ4v) is 1.22. The number of likely N-dealkylation sites (N-methyl/N-ethyl adjacent to an activating group) is 1. The molecule has 0 bridgehead atoms. The molecule has 0 aromatic heterocycles. The number of carbonyl (C=O) groups excluding carboxylic acids is 1. The topological polar surface area (TPSA) is 142 Å². The van der Waals surface area contributed by atoms with Crippen LogP contribution in [0.25, 0.3) is 10.4 Å². The first-order valence-corrected chi connectivity index (χ1v) is 5.53. The van der Waals surface area contributed by atoms with Gasteiger partial charge in [0.2, 0.25) is 0 Å². The molecule has 0 unspecified atom stereocenters. The zero-order valence-corrected chi connectivity index (χ0v) is 10.2. The van der Waals surface area contributed by atoms with Crippen LogP contribution in [-0.2, 0) is 24.2 Å². The molecular weight excluding hydrogens is 256 g/mol. The summed E-state index contributed by atoms with van der Waals surface area (Å²) < 4.78 is 33.2. The molecule has 0 spiro atoms. The summed E-state index contributed by atoms with van der Waals surface area (Å²) in [5.41, 5.74) is 6.46. The molecule has 0 heterocycles. The number of carbonyl (C=O) groups is 1. The Morgan fingerprint density at radius 2 is 2.18 bits per heavy atom. The maximum absolute atomic E-state index is 11.7. The summed E-state index contributed by atoms with van der Waals surface area (Å²) in [6.45, 7) is 0.290. The summed E-state index contributed by atoms with van der Waals surface area (Å²) in [6.07, 6.45) is 0. The van der Waals surface area contributed by atoms with E-state index in [9.17, 15) is 13.2 Å². The number of hydroxylamine groups is 2. The number of amides is 1. The minimum atomic E-state index is -4.74. The third-order valence-corrected chi connectivity index (χ3v) is 2.19. The SMILES string of the molecule is CON(C)C(=O)[C@@](C)(COS(=O)(=O)O)N=[N+]=[N-]. The van der Waals surface area contributed by atoms with Crippen molar-refractivity contribution < 1.29 is 26.8 Å². The molecule has 0 radical (unpaired) electrons.